The molecular weight excluding hydrogens is 521 g/mol. The molecule has 3 rings (SSSR count). The van der Waals surface area contributed by atoms with Crippen LogP contribution >= 0.6 is 24.0 Å². The van der Waals surface area contributed by atoms with E-state index >= 15 is 0 Å². The lowest BCUT2D eigenvalue weighted by Crippen LogP contribution is -2.48. The lowest BCUT2D eigenvalue weighted by Gasteiger charge is -2.35. The number of halogens is 1. The van der Waals surface area contributed by atoms with Crippen molar-refractivity contribution in [3.05, 3.63) is 17.3 Å². The van der Waals surface area contributed by atoms with Crippen LogP contribution < -0.4 is 5.32 Å². The number of aromatic nitrogens is 1. The van der Waals surface area contributed by atoms with Crippen LogP contribution in [0.2, 0.25) is 0 Å². The van der Waals surface area contributed by atoms with Gasteiger partial charge in [0.2, 0.25) is 5.89 Å². The number of ether oxygens (including phenoxy) is 2. The van der Waals surface area contributed by atoms with Gasteiger partial charge >= 0.3 is 0 Å². The van der Waals surface area contributed by atoms with Crippen molar-refractivity contribution in [1.82, 2.24) is 20.1 Å². The van der Waals surface area contributed by atoms with Crippen molar-refractivity contribution in [3.8, 4) is 0 Å². The van der Waals surface area contributed by atoms with Gasteiger partial charge in [-0.2, -0.15) is 0 Å². The Balaban J connectivity index is 0.00000363. The lowest BCUT2D eigenvalue weighted by atomic mass is 9.97. The molecule has 0 unspecified atom stereocenters. The highest BCUT2D eigenvalue weighted by atomic mass is 127. The summed E-state index contributed by atoms with van der Waals surface area (Å²) < 4.78 is 16.8. The Labute approximate surface area is 210 Å². The highest BCUT2D eigenvalue weighted by Gasteiger charge is 2.24. The molecule has 0 radical (unpaired) electrons. The van der Waals surface area contributed by atoms with Crippen molar-refractivity contribution in [2.45, 2.75) is 58.6 Å². The molecule has 0 bridgehead atoms. The smallest absolute Gasteiger partial charge is 0.208 e. The van der Waals surface area contributed by atoms with E-state index in [0.717, 1.165) is 95.0 Å². The van der Waals surface area contributed by atoms with Crippen molar-refractivity contribution >= 4 is 29.9 Å². The Hall–Kier alpha value is -0.910. The van der Waals surface area contributed by atoms with Gasteiger partial charge in [-0.25, -0.2) is 4.98 Å². The van der Waals surface area contributed by atoms with Crippen LogP contribution in [0.3, 0.4) is 0 Å². The Morgan fingerprint density at radius 2 is 1.84 bits per heavy atom. The normalized spacial score (nSPS) is 19.2. The second kappa shape index (κ2) is 14.4. The number of hydrogen-bond acceptors (Lipinski definition) is 6. The summed E-state index contributed by atoms with van der Waals surface area (Å²) >= 11 is 0. The van der Waals surface area contributed by atoms with Crippen LogP contribution in [0.5, 0.6) is 0 Å². The standard InChI is InChI=1S/C23H41N5O3.HI/c1-18-19(2)31-22(26-18)17-27-10-6-20(7-11-27)16-25-23(24-3)28-12-8-21(9-13-28)30-15-5-14-29-4;/h20-21H,5-17H2,1-4H3,(H,24,25);1H. The predicted octanol–water partition coefficient (Wildman–Crippen LogP) is 3.21. The van der Waals surface area contributed by atoms with Gasteiger partial charge in [0, 0.05) is 47.0 Å². The molecule has 2 fully saturated rings. The van der Waals surface area contributed by atoms with Gasteiger partial charge in [0.15, 0.2) is 5.96 Å². The number of likely N-dealkylation sites (tertiary alicyclic amines) is 2. The average Bonchev–Trinajstić information content (AvgIpc) is 3.10. The van der Waals surface area contributed by atoms with Crippen LogP contribution in [0.15, 0.2) is 9.41 Å². The van der Waals surface area contributed by atoms with Gasteiger partial charge in [0.05, 0.1) is 18.3 Å². The highest BCUT2D eigenvalue weighted by Crippen LogP contribution is 2.20. The molecule has 2 aliphatic rings. The predicted molar refractivity (Wildman–Crippen MR) is 138 cm³/mol. The Morgan fingerprint density at radius 3 is 2.44 bits per heavy atom. The molecule has 0 saturated carbocycles. The number of nitrogens with zero attached hydrogens (tertiary/aromatic N) is 4. The van der Waals surface area contributed by atoms with Crippen LogP contribution in [0.1, 0.15) is 49.4 Å². The molecule has 8 nitrogen and oxygen atoms in total. The third kappa shape index (κ3) is 8.46. The highest BCUT2D eigenvalue weighted by molar-refractivity contribution is 14.0. The quantitative estimate of drug-likeness (QED) is 0.214. The minimum Gasteiger partial charge on any atom is -0.444 e. The SMILES string of the molecule is CN=C(NCC1CCN(Cc2nc(C)c(C)o2)CC1)N1CCC(OCCCOC)CC1.I. The zero-order valence-electron chi connectivity index (χ0n) is 20.3. The van der Waals surface area contributed by atoms with Crippen molar-refractivity contribution in [1.29, 1.82) is 0 Å². The number of oxazole rings is 1. The zero-order valence-corrected chi connectivity index (χ0v) is 22.6. The molecule has 0 aliphatic carbocycles. The second-order valence-corrected chi connectivity index (χ2v) is 8.80. The Bertz CT molecular complexity index is 664. The van der Waals surface area contributed by atoms with Crippen molar-refractivity contribution < 1.29 is 13.9 Å². The molecular formula is C23H42IN5O3. The van der Waals surface area contributed by atoms with Gasteiger partial charge in [-0.05, 0) is 65.0 Å². The first-order chi connectivity index (χ1) is 15.1. The molecule has 2 saturated heterocycles. The van der Waals surface area contributed by atoms with E-state index in [9.17, 15) is 0 Å². The summed E-state index contributed by atoms with van der Waals surface area (Å²) in [6, 6.07) is 0. The van der Waals surface area contributed by atoms with Gasteiger partial charge in [0.1, 0.15) is 5.76 Å². The molecule has 32 heavy (non-hydrogen) atoms. The molecule has 1 aromatic heterocycles. The minimum atomic E-state index is 0. The molecule has 3 heterocycles. The molecule has 9 heteroatoms. The van der Waals surface area contributed by atoms with Crippen LogP contribution in [-0.2, 0) is 16.0 Å². The number of nitrogens with one attached hydrogen (secondary N) is 1. The van der Waals surface area contributed by atoms with Crippen LogP contribution in [-0.4, -0.2) is 86.9 Å². The van der Waals surface area contributed by atoms with E-state index in [0.29, 0.717) is 12.0 Å². The number of guanidine groups is 1. The second-order valence-electron chi connectivity index (χ2n) is 8.80. The monoisotopic (exact) mass is 563 g/mol. The van der Waals surface area contributed by atoms with Crippen molar-refractivity contribution in [2.24, 2.45) is 10.9 Å². The maximum atomic E-state index is 5.98. The summed E-state index contributed by atoms with van der Waals surface area (Å²) in [5, 5.41) is 3.63. The van der Waals surface area contributed by atoms with Gasteiger partial charge in [-0.1, -0.05) is 0 Å². The van der Waals surface area contributed by atoms with Gasteiger partial charge in [-0.15, -0.1) is 24.0 Å². The van der Waals surface area contributed by atoms with E-state index in [-0.39, 0.29) is 24.0 Å². The molecule has 0 amide bonds. The fraction of sp³-hybridized carbons (Fsp3) is 0.826. The molecule has 1 aromatic rings. The third-order valence-electron chi connectivity index (χ3n) is 6.49. The summed E-state index contributed by atoms with van der Waals surface area (Å²) in [6.45, 7) is 11.6. The van der Waals surface area contributed by atoms with Crippen LogP contribution in [0, 0.1) is 19.8 Å². The van der Waals surface area contributed by atoms with Crippen molar-refractivity contribution in [2.75, 3.05) is 60.1 Å². The molecule has 0 aromatic carbocycles. The number of hydrogen-bond donors (Lipinski definition) is 1. The molecule has 0 spiro atoms. The van der Waals surface area contributed by atoms with E-state index in [1.54, 1.807) is 7.11 Å². The minimum absolute atomic E-state index is 0. The van der Waals surface area contributed by atoms with Gasteiger partial charge in [-0.3, -0.25) is 9.89 Å². The Morgan fingerprint density at radius 1 is 1.12 bits per heavy atom. The van der Waals surface area contributed by atoms with E-state index in [1.807, 2.05) is 20.9 Å². The first kappa shape index (κ1) is 27.3. The topological polar surface area (TPSA) is 75.4 Å². The first-order valence-corrected chi connectivity index (χ1v) is 11.8. The fourth-order valence-corrected chi connectivity index (χ4v) is 4.40. The van der Waals surface area contributed by atoms with Crippen LogP contribution in [0.25, 0.3) is 0 Å². The number of aliphatic imine (C=N–C) groups is 1. The summed E-state index contributed by atoms with van der Waals surface area (Å²) in [4.78, 5) is 13.9. The largest absolute Gasteiger partial charge is 0.444 e. The summed E-state index contributed by atoms with van der Waals surface area (Å²) in [6.07, 6.45) is 5.85. The average molecular weight is 564 g/mol. The maximum Gasteiger partial charge on any atom is 0.208 e. The van der Waals surface area contributed by atoms with Crippen LogP contribution in [0.4, 0.5) is 0 Å². The Kier molecular flexibility index (Phi) is 12.3. The molecule has 1 N–H and O–H groups in total. The zero-order chi connectivity index (χ0) is 22.1. The van der Waals surface area contributed by atoms with E-state index in [4.69, 9.17) is 13.9 Å². The fourth-order valence-electron chi connectivity index (χ4n) is 4.40. The number of piperidine rings is 2. The lowest BCUT2D eigenvalue weighted by molar-refractivity contribution is 0.00986. The first-order valence-electron chi connectivity index (χ1n) is 11.8. The van der Waals surface area contributed by atoms with E-state index < -0.39 is 0 Å². The van der Waals surface area contributed by atoms with Gasteiger partial charge in [0.25, 0.3) is 0 Å². The molecule has 184 valence electrons. The summed E-state index contributed by atoms with van der Waals surface area (Å²) in [5.74, 6) is 3.49. The third-order valence-corrected chi connectivity index (χ3v) is 6.49. The number of aryl methyl sites for hydroxylation is 2. The molecule has 0 atom stereocenters. The molecule has 2 aliphatic heterocycles. The van der Waals surface area contributed by atoms with Gasteiger partial charge < -0.3 is 24.1 Å². The van der Waals surface area contributed by atoms with Crippen molar-refractivity contribution in [3.63, 3.8) is 0 Å². The number of rotatable bonds is 9. The maximum absolute atomic E-state index is 5.98. The van der Waals surface area contributed by atoms with E-state index in [1.165, 1.54) is 12.8 Å². The number of methoxy groups -OCH3 is 1. The summed E-state index contributed by atoms with van der Waals surface area (Å²) in [7, 11) is 3.62. The van der Waals surface area contributed by atoms with E-state index in [2.05, 4.69) is 25.1 Å². The summed E-state index contributed by atoms with van der Waals surface area (Å²) in [5.41, 5.74) is 1.00.